The van der Waals surface area contributed by atoms with E-state index in [0.717, 1.165) is 0 Å². The van der Waals surface area contributed by atoms with Crippen LogP contribution in [0.1, 0.15) is 0 Å². The van der Waals surface area contributed by atoms with Crippen molar-refractivity contribution in [3.05, 3.63) is 65.3 Å². The van der Waals surface area contributed by atoms with Crippen molar-refractivity contribution in [2.24, 2.45) is 0 Å². The highest BCUT2D eigenvalue weighted by Gasteiger charge is 2.15. The molecular formula is C17H13Cl2N5. The Balaban J connectivity index is 2.10. The van der Waals surface area contributed by atoms with Crippen molar-refractivity contribution in [1.82, 2.24) is 20.2 Å². The summed E-state index contributed by atoms with van der Waals surface area (Å²) in [7, 11) is 0. The summed E-state index contributed by atoms with van der Waals surface area (Å²) in [5, 5.41) is 12.7. The highest BCUT2D eigenvalue weighted by molar-refractivity contribution is 6.36. The Kier molecular flexibility index (Phi) is 5.03. The Hall–Kier alpha value is -2.50. The van der Waals surface area contributed by atoms with Gasteiger partial charge in [-0.05, 0) is 30.3 Å². The predicted octanol–water partition coefficient (Wildman–Crippen LogP) is 4.51. The van der Waals surface area contributed by atoms with Gasteiger partial charge in [-0.1, -0.05) is 35.3 Å². The lowest BCUT2D eigenvalue weighted by Gasteiger charge is -2.11. The van der Waals surface area contributed by atoms with Crippen LogP contribution in [0.15, 0.2) is 55.3 Å². The minimum atomic E-state index is 0.427. The highest BCUT2D eigenvalue weighted by atomic mass is 35.5. The highest BCUT2D eigenvalue weighted by Crippen LogP contribution is 2.32. The van der Waals surface area contributed by atoms with Gasteiger partial charge in [0.2, 0.25) is 5.82 Å². The zero-order chi connectivity index (χ0) is 16.9. The summed E-state index contributed by atoms with van der Waals surface area (Å²) in [4.78, 5) is 8.78. The average molecular weight is 358 g/mol. The Morgan fingerprint density at radius 3 is 2.71 bits per heavy atom. The van der Waals surface area contributed by atoms with Crippen LogP contribution in [0.2, 0.25) is 10.0 Å². The summed E-state index contributed by atoms with van der Waals surface area (Å²) < 4.78 is 0. The smallest absolute Gasteiger partial charge is 0.202 e. The summed E-state index contributed by atoms with van der Waals surface area (Å²) >= 11 is 12.2. The first-order chi connectivity index (χ1) is 11.7. The first-order valence-corrected chi connectivity index (χ1v) is 7.91. The maximum atomic E-state index is 6.29. The van der Waals surface area contributed by atoms with Gasteiger partial charge in [-0.2, -0.15) is 0 Å². The number of pyridine rings is 1. The molecule has 0 aliphatic rings. The summed E-state index contributed by atoms with van der Waals surface area (Å²) in [5.41, 5.74) is 1.87. The second-order valence-electron chi connectivity index (χ2n) is 4.84. The molecule has 0 spiro atoms. The molecule has 0 aliphatic carbocycles. The van der Waals surface area contributed by atoms with E-state index in [-0.39, 0.29) is 0 Å². The molecule has 120 valence electrons. The van der Waals surface area contributed by atoms with Crippen LogP contribution < -0.4 is 5.32 Å². The Morgan fingerprint density at radius 1 is 1.12 bits per heavy atom. The summed E-state index contributed by atoms with van der Waals surface area (Å²) in [5.74, 6) is 0.978. The number of nitrogens with zero attached hydrogens (tertiary/aromatic N) is 4. The monoisotopic (exact) mass is 357 g/mol. The first-order valence-electron chi connectivity index (χ1n) is 7.15. The lowest BCUT2D eigenvalue weighted by atomic mass is 10.1. The van der Waals surface area contributed by atoms with Crippen LogP contribution in [0.25, 0.3) is 22.8 Å². The number of hydrogen-bond acceptors (Lipinski definition) is 5. The van der Waals surface area contributed by atoms with E-state index >= 15 is 0 Å². The fourth-order valence-corrected chi connectivity index (χ4v) is 2.58. The molecule has 0 saturated heterocycles. The third-order valence-electron chi connectivity index (χ3n) is 3.18. The van der Waals surface area contributed by atoms with Crippen LogP contribution in [0.3, 0.4) is 0 Å². The molecule has 0 amide bonds. The molecule has 2 aromatic heterocycles. The normalized spacial score (nSPS) is 10.4. The summed E-state index contributed by atoms with van der Waals surface area (Å²) in [6.07, 6.45) is 3.41. The van der Waals surface area contributed by atoms with E-state index in [9.17, 15) is 0 Å². The lowest BCUT2D eigenvalue weighted by Crippen LogP contribution is -2.07. The largest absolute Gasteiger partial charge is 0.365 e. The van der Waals surface area contributed by atoms with Crippen molar-refractivity contribution in [3.8, 4) is 22.8 Å². The van der Waals surface area contributed by atoms with Gasteiger partial charge in [0.1, 0.15) is 11.4 Å². The van der Waals surface area contributed by atoms with Gasteiger partial charge in [0, 0.05) is 23.3 Å². The van der Waals surface area contributed by atoms with E-state index in [1.165, 1.54) is 0 Å². The third kappa shape index (κ3) is 3.53. The SMILES string of the molecule is C=CCNc1nc(-c2ccccn2)nnc1-c1ccc(Cl)cc1Cl. The second kappa shape index (κ2) is 7.38. The molecule has 3 aromatic rings. The van der Waals surface area contributed by atoms with Crippen LogP contribution in [0.4, 0.5) is 5.82 Å². The van der Waals surface area contributed by atoms with Gasteiger partial charge in [-0.3, -0.25) is 4.98 Å². The number of aromatic nitrogens is 4. The van der Waals surface area contributed by atoms with E-state index in [4.69, 9.17) is 23.2 Å². The van der Waals surface area contributed by atoms with Crippen LogP contribution in [-0.2, 0) is 0 Å². The van der Waals surface area contributed by atoms with Crippen molar-refractivity contribution < 1.29 is 0 Å². The molecule has 0 bridgehead atoms. The molecule has 1 N–H and O–H groups in total. The minimum absolute atomic E-state index is 0.427. The lowest BCUT2D eigenvalue weighted by molar-refractivity contribution is 0.975. The Bertz CT molecular complexity index is 868. The van der Waals surface area contributed by atoms with Crippen LogP contribution in [0.5, 0.6) is 0 Å². The van der Waals surface area contributed by atoms with Crippen LogP contribution in [-0.4, -0.2) is 26.7 Å². The number of hydrogen-bond donors (Lipinski definition) is 1. The molecule has 0 saturated carbocycles. The number of anilines is 1. The van der Waals surface area contributed by atoms with Gasteiger partial charge >= 0.3 is 0 Å². The quantitative estimate of drug-likeness (QED) is 0.680. The van der Waals surface area contributed by atoms with E-state index in [1.54, 1.807) is 30.5 Å². The fourth-order valence-electron chi connectivity index (χ4n) is 2.08. The Morgan fingerprint density at radius 2 is 2.00 bits per heavy atom. The molecule has 0 unspecified atom stereocenters. The number of rotatable bonds is 5. The molecule has 0 atom stereocenters. The van der Waals surface area contributed by atoms with E-state index in [2.05, 4.69) is 32.1 Å². The number of nitrogens with one attached hydrogen (secondary N) is 1. The topological polar surface area (TPSA) is 63.6 Å². The maximum absolute atomic E-state index is 6.29. The van der Waals surface area contributed by atoms with E-state index in [1.807, 2.05) is 18.2 Å². The fraction of sp³-hybridized carbons (Fsp3) is 0.0588. The molecular weight excluding hydrogens is 345 g/mol. The van der Waals surface area contributed by atoms with Gasteiger partial charge in [-0.15, -0.1) is 16.8 Å². The van der Waals surface area contributed by atoms with Gasteiger partial charge < -0.3 is 5.32 Å². The van der Waals surface area contributed by atoms with Crippen LogP contribution in [0, 0.1) is 0 Å². The molecule has 0 aliphatic heterocycles. The standard InChI is InChI=1S/C17H13Cl2N5/c1-2-8-21-17-15(12-7-6-11(18)10-13(12)19)23-24-16(22-17)14-5-3-4-9-20-14/h2-7,9-10H,1,8H2,(H,21,22,24). The molecule has 24 heavy (non-hydrogen) atoms. The molecule has 2 heterocycles. The molecule has 1 aromatic carbocycles. The molecule has 7 heteroatoms. The minimum Gasteiger partial charge on any atom is -0.365 e. The van der Waals surface area contributed by atoms with Gasteiger partial charge in [0.15, 0.2) is 5.82 Å². The predicted molar refractivity (Wildman–Crippen MR) is 97.2 cm³/mol. The van der Waals surface area contributed by atoms with Crippen molar-refractivity contribution >= 4 is 29.0 Å². The zero-order valence-electron chi connectivity index (χ0n) is 12.6. The van der Waals surface area contributed by atoms with Crippen LogP contribution >= 0.6 is 23.2 Å². The van der Waals surface area contributed by atoms with Gasteiger partial charge in [0.25, 0.3) is 0 Å². The molecule has 5 nitrogen and oxygen atoms in total. The van der Waals surface area contributed by atoms with E-state index < -0.39 is 0 Å². The molecule has 0 fully saturated rings. The third-order valence-corrected chi connectivity index (χ3v) is 3.73. The zero-order valence-corrected chi connectivity index (χ0v) is 14.1. The van der Waals surface area contributed by atoms with Crippen molar-refractivity contribution in [2.75, 3.05) is 11.9 Å². The van der Waals surface area contributed by atoms with Gasteiger partial charge in [-0.25, -0.2) is 4.98 Å². The van der Waals surface area contributed by atoms with Gasteiger partial charge in [0.05, 0.1) is 5.02 Å². The summed E-state index contributed by atoms with van der Waals surface area (Å²) in [6.45, 7) is 4.23. The van der Waals surface area contributed by atoms with E-state index in [0.29, 0.717) is 45.2 Å². The maximum Gasteiger partial charge on any atom is 0.202 e. The second-order valence-corrected chi connectivity index (χ2v) is 5.68. The van der Waals surface area contributed by atoms with Crippen molar-refractivity contribution in [1.29, 1.82) is 0 Å². The Labute approximate surface area is 149 Å². The first kappa shape index (κ1) is 16.4. The summed E-state index contributed by atoms with van der Waals surface area (Å²) in [6, 6.07) is 10.7. The molecule has 0 radical (unpaired) electrons. The van der Waals surface area contributed by atoms with Crippen molar-refractivity contribution in [3.63, 3.8) is 0 Å². The van der Waals surface area contributed by atoms with Crippen molar-refractivity contribution in [2.45, 2.75) is 0 Å². The molecule has 3 rings (SSSR count). The number of benzene rings is 1. The number of halogens is 2. The average Bonchev–Trinajstić information content (AvgIpc) is 2.61.